The summed E-state index contributed by atoms with van der Waals surface area (Å²) >= 11 is 6.35. The number of fused-ring (bicyclic) bond motifs is 1. The molecule has 5 heteroatoms. The molecule has 1 N–H and O–H groups in total. The third-order valence-corrected chi connectivity index (χ3v) is 3.86. The van der Waals surface area contributed by atoms with Crippen molar-refractivity contribution in [2.45, 2.75) is 13.8 Å². The zero-order chi connectivity index (χ0) is 13.4. The first kappa shape index (κ1) is 15.4. The Kier molecular flexibility index (Phi) is 4.74. The Bertz CT molecular complexity index is 622. The van der Waals surface area contributed by atoms with Crippen LogP contribution in [-0.4, -0.2) is 31.2 Å². The molecule has 108 valence electrons. The quantitative estimate of drug-likeness (QED) is 0.875. The second-order valence-electron chi connectivity index (χ2n) is 5.16. The van der Waals surface area contributed by atoms with E-state index in [1.54, 1.807) is 0 Å². The van der Waals surface area contributed by atoms with Gasteiger partial charge in [-0.2, -0.15) is 0 Å². The summed E-state index contributed by atoms with van der Waals surface area (Å²) in [5.41, 5.74) is 4.38. The lowest BCUT2D eigenvalue weighted by Gasteiger charge is -2.30. The van der Waals surface area contributed by atoms with Crippen LogP contribution < -0.4 is 10.2 Å². The summed E-state index contributed by atoms with van der Waals surface area (Å²) in [6.45, 7) is 8.23. The highest BCUT2D eigenvalue weighted by atomic mass is 35.5. The van der Waals surface area contributed by atoms with E-state index < -0.39 is 0 Å². The Morgan fingerprint density at radius 3 is 2.55 bits per heavy atom. The van der Waals surface area contributed by atoms with Crippen molar-refractivity contribution < 1.29 is 0 Å². The van der Waals surface area contributed by atoms with Crippen molar-refractivity contribution >= 4 is 40.6 Å². The lowest BCUT2D eigenvalue weighted by Crippen LogP contribution is -2.43. The van der Waals surface area contributed by atoms with Crippen LogP contribution in [0.15, 0.2) is 18.2 Å². The molecule has 0 atom stereocenters. The summed E-state index contributed by atoms with van der Waals surface area (Å²) in [7, 11) is 0. The van der Waals surface area contributed by atoms with Crippen molar-refractivity contribution in [3.05, 3.63) is 34.5 Å². The van der Waals surface area contributed by atoms with Crippen molar-refractivity contribution in [1.29, 1.82) is 0 Å². The molecular weight excluding hydrogens is 293 g/mol. The molecule has 0 unspecified atom stereocenters. The van der Waals surface area contributed by atoms with Gasteiger partial charge in [0.25, 0.3) is 0 Å². The van der Waals surface area contributed by atoms with E-state index in [2.05, 4.69) is 34.3 Å². The second-order valence-corrected chi connectivity index (χ2v) is 5.57. The molecule has 0 amide bonds. The highest BCUT2D eigenvalue weighted by molar-refractivity contribution is 6.35. The molecular formula is C15H19Cl2N3. The number of pyridine rings is 1. The van der Waals surface area contributed by atoms with E-state index in [0.717, 1.165) is 47.8 Å². The van der Waals surface area contributed by atoms with Gasteiger partial charge in [0.05, 0.1) is 10.5 Å². The van der Waals surface area contributed by atoms with E-state index in [0.29, 0.717) is 0 Å². The zero-order valence-corrected chi connectivity index (χ0v) is 13.3. The van der Waals surface area contributed by atoms with Gasteiger partial charge in [0.1, 0.15) is 0 Å². The standard InChI is InChI=1S/C15H18ClN3.ClH/c1-10-7-12-14(19-5-3-17-4-6-19)9-11(2)18-15(12)13(16)8-10;/h7-9,17H,3-6H2,1-2H3;1H. The van der Waals surface area contributed by atoms with Crippen LogP contribution in [0.4, 0.5) is 5.69 Å². The molecule has 0 aliphatic carbocycles. The van der Waals surface area contributed by atoms with Gasteiger partial charge in [-0.25, -0.2) is 0 Å². The molecule has 1 aromatic carbocycles. The highest BCUT2D eigenvalue weighted by Crippen LogP contribution is 2.32. The van der Waals surface area contributed by atoms with Gasteiger partial charge in [-0.05, 0) is 37.6 Å². The SMILES string of the molecule is Cc1cc(Cl)c2nc(C)cc(N3CCNCC3)c2c1.Cl. The molecule has 0 radical (unpaired) electrons. The maximum absolute atomic E-state index is 6.35. The van der Waals surface area contributed by atoms with Crippen molar-refractivity contribution in [3.63, 3.8) is 0 Å². The number of hydrogen-bond donors (Lipinski definition) is 1. The first-order valence-corrected chi connectivity index (χ1v) is 7.06. The Hall–Kier alpha value is -1.03. The zero-order valence-electron chi connectivity index (χ0n) is 11.7. The number of hydrogen-bond acceptors (Lipinski definition) is 3. The van der Waals surface area contributed by atoms with Gasteiger partial charge in [-0.1, -0.05) is 11.6 Å². The van der Waals surface area contributed by atoms with Gasteiger partial charge < -0.3 is 10.2 Å². The average molecular weight is 312 g/mol. The molecule has 1 fully saturated rings. The summed E-state index contributed by atoms with van der Waals surface area (Å²) in [6, 6.07) is 6.34. The number of piperazine rings is 1. The predicted molar refractivity (Wildman–Crippen MR) is 88.6 cm³/mol. The van der Waals surface area contributed by atoms with Gasteiger partial charge >= 0.3 is 0 Å². The number of aromatic nitrogens is 1. The average Bonchev–Trinajstić information content (AvgIpc) is 2.40. The van der Waals surface area contributed by atoms with Crippen LogP contribution >= 0.6 is 24.0 Å². The molecule has 0 spiro atoms. The van der Waals surface area contributed by atoms with Crippen LogP contribution in [0.1, 0.15) is 11.3 Å². The van der Waals surface area contributed by atoms with Gasteiger partial charge in [-0.15, -0.1) is 12.4 Å². The van der Waals surface area contributed by atoms with Crippen molar-refractivity contribution in [1.82, 2.24) is 10.3 Å². The number of nitrogens with zero attached hydrogens (tertiary/aromatic N) is 2. The maximum atomic E-state index is 6.35. The summed E-state index contributed by atoms with van der Waals surface area (Å²) in [4.78, 5) is 7.02. The lowest BCUT2D eigenvalue weighted by atomic mass is 10.1. The molecule has 1 saturated heterocycles. The topological polar surface area (TPSA) is 28.2 Å². The van der Waals surface area contributed by atoms with Crippen molar-refractivity contribution in [2.24, 2.45) is 0 Å². The van der Waals surface area contributed by atoms with E-state index >= 15 is 0 Å². The first-order chi connectivity index (χ1) is 9.15. The van der Waals surface area contributed by atoms with Crippen LogP contribution in [0, 0.1) is 13.8 Å². The van der Waals surface area contributed by atoms with E-state index in [1.165, 1.54) is 11.3 Å². The molecule has 1 aliphatic heterocycles. The van der Waals surface area contributed by atoms with E-state index in [9.17, 15) is 0 Å². The molecule has 1 aliphatic rings. The van der Waals surface area contributed by atoms with Crippen LogP contribution in [-0.2, 0) is 0 Å². The Morgan fingerprint density at radius 1 is 1.15 bits per heavy atom. The smallest absolute Gasteiger partial charge is 0.0912 e. The Balaban J connectivity index is 0.00000147. The fourth-order valence-corrected chi connectivity index (χ4v) is 3.01. The highest BCUT2D eigenvalue weighted by Gasteiger charge is 2.16. The number of nitrogens with one attached hydrogen (secondary N) is 1. The maximum Gasteiger partial charge on any atom is 0.0912 e. The number of rotatable bonds is 1. The summed E-state index contributed by atoms with van der Waals surface area (Å²) in [5, 5.41) is 5.30. The largest absolute Gasteiger partial charge is 0.368 e. The van der Waals surface area contributed by atoms with Crippen LogP contribution in [0.5, 0.6) is 0 Å². The molecule has 2 heterocycles. The van der Waals surface area contributed by atoms with Gasteiger partial charge in [0, 0.05) is 42.9 Å². The van der Waals surface area contributed by atoms with Gasteiger partial charge in [-0.3, -0.25) is 4.98 Å². The molecule has 20 heavy (non-hydrogen) atoms. The molecule has 1 aromatic heterocycles. The monoisotopic (exact) mass is 311 g/mol. The minimum absolute atomic E-state index is 0. The van der Waals surface area contributed by atoms with E-state index in [1.807, 2.05) is 13.0 Å². The minimum atomic E-state index is 0. The minimum Gasteiger partial charge on any atom is -0.368 e. The summed E-state index contributed by atoms with van der Waals surface area (Å²) in [6.07, 6.45) is 0. The van der Waals surface area contributed by atoms with E-state index in [-0.39, 0.29) is 12.4 Å². The normalized spacial score (nSPS) is 15.2. The molecule has 0 bridgehead atoms. The number of aryl methyl sites for hydroxylation is 2. The predicted octanol–water partition coefficient (Wildman–Crippen LogP) is 3.34. The van der Waals surface area contributed by atoms with Crippen LogP contribution in [0.3, 0.4) is 0 Å². The fraction of sp³-hybridized carbons (Fsp3) is 0.400. The van der Waals surface area contributed by atoms with Crippen molar-refractivity contribution in [3.8, 4) is 0 Å². The third kappa shape index (κ3) is 2.85. The summed E-state index contributed by atoms with van der Waals surface area (Å²) < 4.78 is 0. The van der Waals surface area contributed by atoms with E-state index in [4.69, 9.17) is 11.6 Å². The second kappa shape index (κ2) is 6.17. The molecule has 3 nitrogen and oxygen atoms in total. The first-order valence-electron chi connectivity index (χ1n) is 6.68. The fourth-order valence-electron chi connectivity index (χ4n) is 2.70. The Labute approximate surface area is 130 Å². The molecule has 3 rings (SSSR count). The number of halogens is 2. The van der Waals surface area contributed by atoms with Crippen molar-refractivity contribution in [2.75, 3.05) is 31.1 Å². The number of anilines is 1. The summed E-state index contributed by atoms with van der Waals surface area (Å²) in [5.74, 6) is 0. The van der Waals surface area contributed by atoms with Crippen LogP contribution in [0.25, 0.3) is 10.9 Å². The molecule has 0 saturated carbocycles. The van der Waals surface area contributed by atoms with Gasteiger partial charge in [0.15, 0.2) is 0 Å². The lowest BCUT2D eigenvalue weighted by molar-refractivity contribution is 0.590. The molecule has 2 aromatic rings. The van der Waals surface area contributed by atoms with Crippen LogP contribution in [0.2, 0.25) is 5.02 Å². The Morgan fingerprint density at radius 2 is 1.85 bits per heavy atom. The number of benzene rings is 1. The third-order valence-electron chi connectivity index (χ3n) is 3.58. The van der Waals surface area contributed by atoms with Gasteiger partial charge in [0.2, 0.25) is 0 Å².